The summed E-state index contributed by atoms with van der Waals surface area (Å²) in [4.78, 5) is 0. The van der Waals surface area contributed by atoms with Gasteiger partial charge in [0.05, 0.1) is 6.16 Å². The molecular formula is C47H44IN2PS+2. The Kier molecular flexibility index (Phi) is 11.6. The highest BCUT2D eigenvalue weighted by molar-refractivity contribution is 14.0. The van der Waals surface area contributed by atoms with Crippen molar-refractivity contribution in [2.24, 2.45) is 0 Å². The highest BCUT2D eigenvalue weighted by Gasteiger charge is 2.44. The third-order valence-electron chi connectivity index (χ3n) is 10.0. The summed E-state index contributed by atoms with van der Waals surface area (Å²) in [7, 11) is -1.88. The minimum absolute atomic E-state index is 0. The lowest BCUT2D eigenvalue weighted by Crippen LogP contribution is -2.35. The third kappa shape index (κ3) is 7.62. The molecule has 8 rings (SSSR count). The van der Waals surface area contributed by atoms with Gasteiger partial charge < -0.3 is 0 Å². The van der Waals surface area contributed by atoms with Gasteiger partial charge in [-0.2, -0.15) is 0 Å². The first kappa shape index (κ1) is 36.2. The van der Waals surface area contributed by atoms with Gasteiger partial charge in [0, 0.05) is 12.7 Å². The average molecular weight is 827 g/mol. The minimum atomic E-state index is -1.88. The van der Waals surface area contributed by atoms with E-state index in [9.17, 15) is 0 Å². The van der Waals surface area contributed by atoms with Crippen LogP contribution in [-0.4, -0.2) is 16.5 Å². The first-order valence-electron chi connectivity index (χ1n) is 17.9. The van der Waals surface area contributed by atoms with Gasteiger partial charge in [-0.05, 0) is 99.4 Å². The molecule has 0 aliphatic heterocycles. The van der Waals surface area contributed by atoms with Crippen LogP contribution in [0.4, 0.5) is 0 Å². The van der Waals surface area contributed by atoms with Crippen LogP contribution in [0, 0.1) is 6.92 Å². The van der Waals surface area contributed by atoms with Gasteiger partial charge in [0.15, 0.2) is 0 Å². The summed E-state index contributed by atoms with van der Waals surface area (Å²) in [6, 6.07) is 65.0. The van der Waals surface area contributed by atoms with E-state index in [4.69, 9.17) is 0 Å². The molecule has 0 radical (unpaired) electrons. The molecule has 8 aromatic rings. The standard InChI is InChI=1S/C47H43N2PS.HI/c1-37-34-48(35-38-26-28-40-16-11-13-18-42(40)32-38)47(49(37)36-39-27-29-41-17-12-14-19-43(41)33-39)51-31-15-30-50(44-20-5-2-6-21-44,45-22-7-3-8-23-45)46-24-9-4-10-25-46;/h2-14,16-29,32-34H,15,30-31,35-36H2,1H3;1H/q+2;. The molecule has 0 amide bonds. The Morgan fingerprint density at radius 3 is 1.54 bits per heavy atom. The van der Waals surface area contributed by atoms with Crippen molar-refractivity contribution in [3.63, 3.8) is 0 Å². The molecule has 0 saturated heterocycles. The van der Waals surface area contributed by atoms with Gasteiger partial charge in [-0.3, -0.25) is 0 Å². The quantitative estimate of drug-likeness (QED) is 0.0392. The number of aryl methyl sites for hydroxylation is 1. The molecule has 0 aliphatic carbocycles. The second-order valence-corrected chi connectivity index (χ2v) is 18.1. The smallest absolute Gasteiger partial charge is 0.220 e. The van der Waals surface area contributed by atoms with Crippen molar-refractivity contribution in [1.82, 2.24) is 4.57 Å². The van der Waals surface area contributed by atoms with E-state index in [-0.39, 0.29) is 24.0 Å². The number of nitrogens with zero attached hydrogens (tertiary/aromatic N) is 2. The monoisotopic (exact) mass is 826 g/mol. The lowest BCUT2D eigenvalue weighted by molar-refractivity contribution is -0.725. The number of thioether (sulfide) groups is 1. The van der Waals surface area contributed by atoms with Crippen LogP contribution in [0.3, 0.4) is 0 Å². The number of imidazole rings is 1. The number of aromatic nitrogens is 2. The van der Waals surface area contributed by atoms with Crippen LogP contribution >= 0.6 is 43.0 Å². The maximum Gasteiger partial charge on any atom is 0.318 e. The van der Waals surface area contributed by atoms with Crippen molar-refractivity contribution in [2.45, 2.75) is 31.6 Å². The first-order valence-corrected chi connectivity index (χ1v) is 20.9. The highest BCUT2D eigenvalue weighted by atomic mass is 127. The largest absolute Gasteiger partial charge is 0.318 e. The predicted octanol–water partition coefficient (Wildman–Crippen LogP) is 10.6. The van der Waals surface area contributed by atoms with E-state index in [2.05, 4.69) is 198 Å². The zero-order valence-electron chi connectivity index (χ0n) is 29.5. The van der Waals surface area contributed by atoms with Gasteiger partial charge in [0.1, 0.15) is 48.2 Å². The van der Waals surface area contributed by atoms with E-state index < -0.39 is 7.26 Å². The van der Waals surface area contributed by atoms with E-state index in [1.807, 2.05) is 11.8 Å². The minimum Gasteiger partial charge on any atom is -0.220 e. The number of fused-ring (bicyclic) bond motifs is 2. The second kappa shape index (κ2) is 16.6. The fourth-order valence-corrected chi connectivity index (χ4v) is 13.2. The Morgan fingerprint density at radius 1 is 0.538 bits per heavy atom. The number of benzene rings is 7. The molecule has 1 aromatic heterocycles. The Labute approximate surface area is 329 Å². The molecular weight excluding hydrogens is 782 g/mol. The van der Waals surface area contributed by atoms with E-state index >= 15 is 0 Å². The maximum absolute atomic E-state index is 2.53. The molecule has 7 aromatic carbocycles. The topological polar surface area (TPSA) is 8.81 Å². The van der Waals surface area contributed by atoms with Crippen LogP contribution in [0.25, 0.3) is 21.5 Å². The third-order valence-corrected chi connectivity index (χ3v) is 15.8. The van der Waals surface area contributed by atoms with Gasteiger partial charge in [0.25, 0.3) is 0 Å². The average Bonchev–Trinajstić information content (AvgIpc) is 3.48. The van der Waals surface area contributed by atoms with Gasteiger partial charge in [-0.25, -0.2) is 9.13 Å². The fraction of sp³-hybridized carbons (Fsp3) is 0.128. The lowest BCUT2D eigenvalue weighted by Gasteiger charge is -2.27. The molecule has 0 bridgehead atoms. The maximum atomic E-state index is 2.53. The highest BCUT2D eigenvalue weighted by Crippen LogP contribution is 2.56. The van der Waals surface area contributed by atoms with Crippen LogP contribution in [0.1, 0.15) is 23.2 Å². The fourth-order valence-electron chi connectivity index (χ4n) is 7.52. The number of hydrogen-bond acceptors (Lipinski definition) is 1. The van der Waals surface area contributed by atoms with Crippen molar-refractivity contribution in [3.8, 4) is 0 Å². The van der Waals surface area contributed by atoms with Crippen molar-refractivity contribution < 1.29 is 4.57 Å². The molecule has 0 atom stereocenters. The van der Waals surface area contributed by atoms with Gasteiger partial charge in [0.2, 0.25) is 0 Å². The summed E-state index contributed by atoms with van der Waals surface area (Å²) in [5.74, 6) is 1.03. The molecule has 1 heterocycles. The molecule has 52 heavy (non-hydrogen) atoms. The molecule has 2 nitrogen and oxygen atoms in total. The lowest BCUT2D eigenvalue weighted by atomic mass is 10.1. The second-order valence-electron chi connectivity index (χ2n) is 13.4. The van der Waals surface area contributed by atoms with Gasteiger partial charge in [-0.15, -0.1) is 24.0 Å². The number of rotatable bonds is 12. The van der Waals surface area contributed by atoms with Crippen LogP contribution < -0.4 is 20.5 Å². The summed E-state index contributed by atoms with van der Waals surface area (Å²) in [5, 5.41) is 10.8. The van der Waals surface area contributed by atoms with Crippen molar-refractivity contribution >= 4 is 80.5 Å². The zero-order chi connectivity index (χ0) is 34.5. The SMILES string of the molecule is Cc1c[n+](Cc2ccc3ccccc3c2)c(SCCC[P+](c2ccccc2)(c2ccccc2)c2ccccc2)n1Cc1ccc2ccccc2c1.I. The molecule has 5 heteroatoms. The molecule has 0 saturated carbocycles. The number of halogens is 1. The molecule has 0 aliphatic rings. The zero-order valence-corrected chi connectivity index (χ0v) is 33.6. The Hall–Kier alpha value is -4.22. The van der Waals surface area contributed by atoms with Crippen molar-refractivity contribution in [2.75, 3.05) is 11.9 Å². The van der Waals surface area contributed by atoms with E-state index in [0.29, 0.717) is 0 Å². The molecule has 258 valence electrons. The van der Waals surface area contributed by atoms with E-state index in [1.165, 1.54) is 59.4 Å². The summed E-state index contributed by atoms with van der Waals surface area (Å²) in [6.45, 7) is 3.95. The summed E-state index contributed by atoms with van der Waals surface area (Å²) in [6.07, 6.45) is 4.58. The van der Waals surface area contributed by atoms with Crippen molar-refractivity contribution in [1.29, 1.82) is 0 Å². The van der Waals surface area contributed by atoms with E-state index in [1.54, 1.807) is 0 Å². The van der Waals surface area contributed by atoms with Crippen LogP contribution in [0.2, 0.25) is 0 Å². The Bertz CT molecular complexity index is 2300. The normalized spacial score (nSPS) is 11.5. The van der Waals surface area contributed by atoms with Crippen LogP contribution in [-0.2, 0) is 13.1 Å². The summed E-state index contributed by atoms with van der Waals surface area (Å²) < 4.78 is 5.02. The summed E-state index contributed by atoms with van der Waals surface area (Å²) in [5.41, 5.74) is 3.94. The van der Waals surface area contributed by atoms with Gasteiger partial charge >= 0.3 is 5.16 Å². The van der Waals surface area contributed by atoms with Gasteiger partial charge in [-0.1, -0.05) is 127 Å². The molecule has 0 spiro atoms. The number of hydrogen-bond donors (Lipinski definition) is 0. The molecule has 0 N–H and O–H groups in total. The Balaban J connectivity index is 0.00000420. The van der Waals surface area contributed by atoms with Crippen LogP contribution in [0.15, 0.2) is 187 Å². The molecule has 0 unspecified atom stereocenters. The van der Waals surface area contributed by atoms with Crippen molar-refractivity contribution in [3.05, 3.63) is 199 Å². The summed E-state index contributed by atoms with van der Waals surface area (Å²) >= 11 is 2.01. The predicted molar refractivity (Wildman–Crippen MR) is 236 cm³/mol. The molecule has 0 fully saturated rings. The first-order chi connectivity index (χ1) is 25.2. The van der Waals surface area contributed by atoms with Crippen LogP contribution in [0.5, 0.6) is 0 Å². The Morgan fingerprint density at radius 2 is 1.00 bits per heavy atom. The van der Waals surface area contributed by atoms with E-state index in [0.717, 1.165) is 31.4 Å².